The lowest BCUT2D eigenvalue weighted by Crippen LogP contribution is -2.41. The normalized spacial score (nSPS) is 17.2. The van der Waals surface area contributed by atoms with Crippen molar-refractivity contribution in [3.63, 3.8) is 0 Å². The molecule has 0 saturated carbocycles. The van der Waals surface area contributed by atoms with Gasteiger partial charge in [0.25, 0.3) is 0 Å². The molecular formula is C15H22ClN3O2. The van der Waals surface area contributed by atoms with Gasteiger partial charge in [0, 0.05) is 6.54 Å². The Morgan fingerprint density at radius 3 is 2.86 bits per heavy atom. The standard InChI is InChI=1S/C15H21N3O2.ClH/c1-11-4-2-5-12(8-11)13-6-3-7-18(13)15(20)10-17-14(19)9-16;/h2,4-5,8,13H,3,6-7,9-10,16H2,1H3,(H,17,19);1H. The van der Waals surface area contributed by atoms with Crippen molar-refractivity contribution in [1.82, 2.24) is 10.2 Å². The van der Waals surface area contributed by atoms with Crippen molar-refractivity contribution < 1.29 is 9.59 Å². The molecule has 3 N–H and O–H groups in total. The molecule has 1 atom stereocenters. The minimum Gasteiger partial charge on any atom is -0.346 e. The van der Waals surface area contributed by atoms with Crippen LogP contribution in [0.15, 0.2) is 24.3 Å². The second-order valence-corrected chi connectivity index (χ2v) is 5.14. The van der Waals surface area contributed by atoms with Gasteiger partial charge in [0.05, 0.1) is 19.1 Å². The number of benzene rings is 1. The number of nitrogens with two attached hydrogens (primary N) is 1. The topological polar surface area (TPSA) is 75.4 Å². The lowest BCUT2D eigenvalue weighted by Gasteiger charge is -2.25. The number of carbonyl (C=O) groups excluding carboxylic acids is 2. The van der Waals surface area contributed by atoms with E-state index < -0.39 is 0 Å². The third-order valence-corrected chi connectivity index (χ3v) is 3.62. The third-order valence-electron chi connectivity index (χ3n) is 3.62. The van der Waals surface area contributed by atoms with Gasteiger partial charge in [-0.2, -0.15) is 0 Å². The van der Waals surface area contributed by atoms with Gasteiger partial charge in [0.15, 0.2) is 0 Å². The molecule has 0 aromatic heterocycles. The summed E-state index contributed by atoms with van der Waals surface area (Å²) < 4.78 is 0. The maximum atomic E-state index is 12.2. The largest absolute Gasteiger partial charge is 0.346 e. The first kappa shape index (κ1) is 17.5. The summed E-state index contributed by atoms with van der Waals surface area (Å²) in [4.78, 5) is 25.2. The second kappa shape index (κ2) is 8.00. The molecule has 0 bridgehead atoms. The molecule has 1 aliphatic rings. The smallest absolute Gasteiger partial charge is 0.242 e. The summed E-state index contributed by atoms with van der Waals surface area (Å²) in [6.07, 6.45) is 1.97. The Labute approximate surface area is 131 Å². The molecule has 0 radical (unpaired) electrons. The van der Waals surface area contributed by atoms with Gasteiger partial charge in [-0.1, -0.05) is 29.8 Å². The number of halogens is 1. The summed E-state index contributed by atoms with van der Waals surface area (Å²) in [5.41, 5.74) is 7.57. The minimum absolute atomic E-state index is 0. The van der Waals surface area contributed by atoms with Gasteiger partial charge in [-0.05, 0) is 25.3 Å². The quantitative estimate of drug-likeness (QED) is 0.876. The average Bonchev–Trinajstić information content (AvgIpc) is 2.93. The van der Waals surface area contributed by atoms with Crippen LogP contribution in [0.3, 0.4) is 0 Å². The third kappa shape index (κ3) is 4.44. The molecule has 1 saturated heterocycles. The van der Waals surface area contributed by atoms with Gasteiger partial charge in [0.1, 0.15) is 0 Å². The summed E-state index contributed by atoms with van der Waals surface area (Å²) in [6, 6.07) is 8.36. The first-order valence-electron chi connectivity index (χ1n) is 6.94. The zero-order chi connectivity index (χ0) is 14.5. The highest BCUT2D eigenvalue weighted by atomic mass is 35.5. The fourth-order valence-electron chi connectivity index (χ4n) is 2.64. The van der Waals surface area contributed by atoms with Crippen molar-refractivity contribution in [3.05, 3.63) is 35.4 Å². The molecule has 6 heteroatoms. The van der Waals surface area contributed by atoms with Crippen molar-refractivity contribution in [1.29, 1.82) is 0 Å². The number of aryl methyl sites for hydroxylation is 1. The molecule has 21 heavy (non-hydrogen) atoms. The molecule has 1 heterocycles. The number of hydrogen-bond donors (Lipinski definition) is 2. The van der Waals surface area contributed by atoms with E-state index in [0.717, 1.165) is 19.4 Å². The predicted molar refractivity (Wildman–Crippen MR) is 84.2 cm³/mol. The van der Waals surface area contributed by atoms with E-state index >= 15 is 0 Å². The minimum atomic E-state index is -0.301. The van der Waals surface area contributed by atoms with Crippen LogP contribution in [0.25, 0.3) is 0 Å². The highest BCUT2D eigenvalue weighted by molar-refractivity contribution is 5.86. The maximum Gasteiger partial charge on any atom is 0.242 e. The number of likely N-dealkylation sites (tertiary alicyclic amines) is 1. The zero-order valence-corrected chi connectivity index (χ0v) is 13.0. The summed E-state index contributed by atoms with van der Waals surface area (Å²) in [5, 5.41) is 2.54. The van der Waals surface area contributed by atoms with Crippen LogP contribution < -0.4 is 11.1 Å². The van der Waals surface area contributed by atoms with E-state index in [2.05, 4.69) is 17.4 Å². The van der Waals surface area contributed by atoms with E-state index in [0.29, 0.717) is 0 Å². The Balaban J connectivity index is 0.00000220. The van der Waals surface area contributed by atoms with Crippen LogP contribution in [0.4, 0.5) is 0 Å². The van der Waals surface area contributed by atoms with Crippen molar-refractivity contribution in [2.75, 3.05) is 19.6 Å². The van der Waals surface area contributed by atoms with E-state index in [1.165, 1.54) is 11.1 Å². The molecule has 2 amide bonds. The Bertz CT molecular complexity index is 507. The number of nitrogens with zero attached hydrogens (tertiary/aromatic N) is 1. The molecule has 116 valence electrons. The zero-order valence-electron chi connectivity index (χ0n) is 12.2. The second-order valence-electron chi connectivity index (χ2n) is 5.14. The lowest BCUT2D eigenvalue weighted by atomic mass is 10.0. The Kier molecular flexibility index (Phi) is 6.65. The van der Waals surface area contributed by atoms with Crippen molar-refractivity contribution >= 4 is 24.2 Å². The van der Waals surface area contributed by atoms with E-state index in [-0.39, 0.29) is 43.4 Å². The van der Waals surface area contributed by atoms with Crippen molar-refractivity contribution in [3.8, 4) is 0 Å². The molecular weight excluding hydrogens is 290 g/mol. The van der Waals surface area contributed by atoms with E-state index in [4.69, 9.17) is 5.73 Å². The summed E-state index contributed by atoms with van der Waals surface area (Å²) >= 11 is 0. The SMILES string of the molecule is Cc1cccc(C2CCCN2C(=O)CNC(=O)CN)c1.Cl. The van der Waals surface area contributed by atoms with E-state index in [1.807, 2.05) is 24.0 Å². The lowest BCUT2D eigenvalue weighted by molar-refractivity contribution is -0.133. The number of nitrogens with one attached hydrogen (secondary N) is 1. The van der Waals surface area contributed by atoms with Crippen molar-refractivity contribution in [2.45, 2.75) is 25.8 Å². The van der Waals surface area contributed by atoms with Crippen LogP contribution >= 0.6 is 12.4 Å². The number of hydrogen-bond acceptors (Lipinski definition) is 3. The van der Waals surface area contributed by atoms with Crippen LogP contribution in [0.2, 0.25) is 0 Å². The molecule has 0 aliphatic carbocycles. The fraction of sp³-hybridized carbons (Fsp3) is 0.467. The molecule has 1 fully saturated rings. The van der Waals surface area contributed by atoms with Gasteiger partial charge in [-0.25, -0.2) is 0 Å². The average molecular weight is 312 g/mol. The van der Waals surface area contributed by atoms with Gasteiger partial charge < -0.3 is 16.0 Å². The first-order valence-corrected chi connectivity index (χ1v) is 6.94. The van der Waals surface area contributed by atoms with Gasteiger partial charge in [0.2, 0.25) is 11.8 Å². The maximum absolute atomic E-state index is 12.2. The molecule has 2 rings (SSSR count). The molecule has 0 spiro atoms. The van der Waals surface area contributed by atoms with Crippen LogP contribution in [0, 0.1) is 6.92 Å². The van der Waals surface area contributed by atoms with Crippen LogP contribution in [0.1, 0.15) is 30.0 Å². The van der Waals surface area contributed by atoms with Crippen LogP contribution in [-0.4, -0.2) is 36.3 Å². The van der Waals surface area contributed by atoms with Gasteiger partial charge >= 0.3 is 0 Å². The Morgan fingerprint density at radius 2 is 2.19 bits per heavy atom. The first-order chi connectivity index (χ1) is 9.61. The van der Waals surface area contributed by atoms with Crippen molar-refractivity contribution in [2.24, 2.45) is 5.73 Å². The van der Waals surface area contributed by atoms with Gasteiger partial charge in [-0.15, -0.1) is 12.4 Å². The van der Waals surface area contributed by atoms with Crippen LogP contribution in [-0.2, 0) is 9.59 Å². The monoisotopic (exact) mass is 311 g/mol. The molecule has 1 aliphatic heterocycles. The van der Waals surface area contributed by atoms with E-state index in [9.17, 15) is 9.59 Å². The highest BCUT2D eigenvalue weighted by Gasteiger charge is 2.29. The number of rotatable bonds is 4. The number of carbonyl (C=O) groups is 2. The molecule has 1 aromatic carbocycles. The van der Waals surface area contributed by atoms with Crippen LogP contribution in [0.5, 0.6) is 0 Å². The predicted octanol–water partition coefficient (Wildman–Crippen LogP) is 1.16. The molecule has 5 nitrogen and oxygen atoms in total. The molecule has 1 aromatic rings. The highest BCUT2D eigenvalue weighted by Crippen LogP contribution is 2.32. The fourth-order valence-corrected chi connectivity index (χ4v) is 2.64. The number of amides is 2. The Hall–Kier alpha value is -1.59. The van der Waals surface area contributed by atoms with E-state index in [1.54, 1.807) is 0 Å². The summed E-state index contributed by atoms with van der Waals surface area (Å²) in [5.74, 6) is -0.347. The summed E-state index contributed by atoms with van der Waals surface area (Å²) in [6.45, 7) is 2.73. The molecule has 1 unspecified atom stereocenters. The van der Waals surface area contributed by atoms with Gasteiger partial charge in [-0.3, -0.25) is 9.59 Å². The Morgan fingerprint density at radius 1 is 1.43 bits per heavy atom. The summed E-state index contributed by atoms with van der Waals surface area (Å²) in [7, 11) is 0.